The van der Waals surface area contributed by atoms with Crippen LogP contribution in [0.3, 0.4) is 0 Å². The lowest BCUT2D eigenvalue weighted by Crippen LogP contribution is -2.71. The Labute approximate surface area is 169 Å². The van der Waals surface area contributed by atoms with Crippen LogP contribution in [-0.4, -0.2) is 57.5 Å². The molecule has 0 aromatic heterocycles. The Hall–Kier alpha value is -2.52. The van der Waals surface area contributed by atoms with E-state index in [9.17, 15) is 29.9 Å². The number of allylic oxidation sites excluding steroid dienone is 5. The first-order chi connectivity index (χ1) is 13.5. The first kappa shape index (κ1) is 24.5. The number of aliphatic hydroxyl groups is 2. The quantitative estimate of drug-likeness (QED) is 0.267. The Bertz CT molecular complexity index is 694. The van der Waals surface area contributed by atoms with Crippen molar-refractivity contribution in [2.75, 3.05) is 13.2 Å². The van der Waals surface area contributed by atoms with Gasteiger partial charge in [0.2, 0.25) is 11.2 Å². The molecule has 0 aromatic rings. The molecule has 0 radical (unpaired) electrons. The Morgan fingerprint density at radius 2 is 1.59 bits per heavy atom. The van der Waals surface area contributed by atoms with E-state index < -0.39 is 52.9 Å². The fraction of sp³-hybridized carbons (Fsp3) is 0.600. The van der Waals surface area contributed by atoms with Gasteiger partial charge in [0.15, 0.2) is 0 Å². The Balaban J connectivity index is 3.51. The molecule has 1 aliphatic rings. The van der Waals surface area contributed by atoms with Crippen LogP contribution >= 0.6 is 0 Å². The highest BCUT2D eigenvalue weighted by Gasteiger charge is 2.71. The Morgan fingerprint density at radius 3 is 1.93 bits per heavy atom. The van der Waals surface area contributed by atoms with Gasteiger partial charge < -0.3 is 19.7 Å². The number of nitrogens with zero attached hydrogens (tertiary/aromatic N) is 1. The first-order valence-corrected chi connectivity index (χ1v) is 9.40. The van der Waals surface area contributed by atoms with Crippen LogP contribution in [-0.2, 0) is 19.1 Å². The fourth-order valence-corrected chi connectivity index (χ4v) is 3.43. The van der Waals surface area contributed by atoms with E-state index in [0.717, 1.165) is 5.57 Å². The van der Waals surface area contributed by atoms with Crippen molar-refractivity contribution in [2.24, 2.45) is 5.92 Å². The van der Waals surface area contributed by atoms with Gasteiger partial charge in [-0.2, -0.15) is 0 Å². The van der Waals surface area contributed by atoms with Gasteiger partial charge in [0, 0.05) is 17.8 Å². The van der Waals surface area contributed by atoms with Gasteiger partial charge in [0.05, 0.1) is 13.2 Å². The third kappa shape index (κ3) is 5.10. The third-order valence-corrected chi connectivity index (χ3v) is 5.03. The van der Waals surface area contributed by atoms with Gasteiger partial charge >= 0.3 is 11.9 Å². The van der Waals surface area contributed by atoms with E-state index in [1.165, 1.54) is 13.8 Å². The summed E-state index contributed by atoms with van der Waals surface area (Å²) in [6.45, 7) is 10.2. The standard InChI is InChI=1S/C20H29NO8/c1-6-13(4)9-10-14(5)15-11-19(24,17(22)28-7-2)16(21(26)27)20(25,12-15)18(23)29-8-3/h6,9-10,15-16,24-25H,5,7-8,11-12H2,1-4H3/b10-9-,13-6-/t15-,16-,19-,20+. The summed E-state index contributed by atoms with van der Waals surface area (Å²) in [5.41, 5.74) is -4.18. The molecule has 1 aliphatic carbocycles. The average molecular weight is 411 g/mol. The van der Waals surface area contributed by atoms with Gasteiger partial charge in [-0.25, -0.2) is 9.59 Å². The SMILES string of the molecule is C=C(/C=C\C(C)=C/C)[C@H]1C[C@@](O)(C(=O)OCC)[C@H]([N+](=O)[O-])[C@@](O)(C(=O)OCC)C1. The van der Waals surface area contributed by atoms with Crippen LogP contribution in [0.2, 0.25) is 0 Å². The van der Waals surface area contributed by atoms with Crippen molar-refractivity contribution in [2.45, 2.75) is 57.8 Å². The van der Waals surface area contributed by atoms with E-state index in [-0.39, 0.29) is 13.2 Å². The molecule has 0 aromatic carbocycles. The summed E-state index contributed by atoms with van der Waals surface area (Å²) in [5, 5.41) is 33.8. The average Bonchev–Trinajstić information content (AvgIpc) is 2.65. The molecule has 9 heteroatoms. The molecule has 0 unspecified atom stereocenters. The number of nitro groups is 1. The van der Waals surface area contributed by atoms with Gasteiger partial charge in [-0.15, -0.1) is 0 Å². The van der Waals surface area contributed by atoms with Gasteiger partial charge in [-0.3, -0.25) is 10.1 Å². The van der Waals surface area contributed by atoms with Crippen molar-refractivity contribution in [3.8, 4) is 0 Å². The van der Waals surface area contributed by atoms with Crippen LogP contribution in [0.15, 0.2) is 36.0 Å². The molecule has 0 amide bonds. The third-order valence-electron chi connectivity index (χ3n) is 5.03. The molecule has 0 aliphatic heterocycles. The number of rotatable bonds is 8. The predicted molar refractivity (Wildman–Crippen MR) is 104 cm³/mol. The largest absolute Gasteiger partial charge is 0.464 e. The summed E-state index contributed by atoms with van der Waals surface area (Å²) in [7, 11) is 0. The summed E-state index contributed by atoms with van der Waals surface area (Å²) in [6, 6.07) is -2.35. The molecule has 0 spiro atoms. The molecule has 1 rings (SSSR count). The lowest BCUT2D eigenvalue weighted by Gasteiger charge is -2.44. The zero-order valence-electron chi connectivity index (χ0n) is 17.2. The van der Waals surface area contributed by atoms with Crippen LogP contribution in [0, 0.1) is 16.0 Å². The molecular formula is C20H29NO8. The summed E-state index contributed by atoms with van der Waals surface area (Å²) in [5.74, 6) is -3.37. The first-order valence-electron chi connectivity index (χ1n) is 9.40. The second-order valence-electron chi connectivity index (χ2n) is 7.02. The van der Waals surface area contributed by atoms with Gasteiger partial charge in [-0.1, -0.05) is 36.0 Å². The second kappa shape index (κ2) is 9.80. The minimum Gasteiger partial charge on any atom is -0.464 e. The molecule has 1 fully saturated rings. The summed E-state index contributed by atoms with van der Waals surface area (Å²) in [6.07, 6.45) is 4.32. The molecule has 9 nitrogen and oxygen atoms in total. The van der Waals surface area contributed by atoms with Crippen molar-refractivity contribution < 1.29 is 34.2 Å². The topological polar surface area (TPSA) is 136 Å². The normalized spacial score (nSPS) is 30.1. The van der Waals surface area contributed by atoms with Crippen LogP contribution in [0.1, 0.15) is 40.5 Å². The molecule has 1 saturated carbocycles. The summed E-state index contributed by atoms with van der Waals surface area (Å²) < 4.78 is 9.66. The maximum absolute atomic E-state index is 12.5. The number of hydrogen-bond donors (Lipinski definition) is 2. The van der Waals surface area contributed by atoms with E-state index in [1.807, 2.05) is 19.9 Å². The number of carbonyl (C=O) groups is 2. The summed E-state index contributed by atoms with van der Waals surface area (Å²) in [4.78, 5) is 35.7. The van der Waals surface area contributed by atoms with Crippen molar-refractivity contribution in [3.05, 3.63) is 46.1 Å². The van der Waals surface area contributed by atoms with E-state index >= 15 is 0 Å². The van der Waals surface area contributed by atoms with Crippen molar-refractivity contribution in [1.82, 2.24) is 0 Å². The predicted octanol–water partition coefficient (Wildman–Crippen LogP) is 1.71. The van der Waals surface area contributed by atoms with E-state index in [4.69, 9.17) is 9.47 Å². The minimum atomic E-state index is -2.74. The van der Waals surface area contributed by atoms with E-state index in [1.54, 1.807) is 12.2 Å². The molecule has 0 bridgehead atoms. The number of hydrogen-bond acceptors (Lipinski definition) is 8. The Morgan fingerprint density at radius 1 is 1.14 bits per heavy atom. The maximum atomic E-state index is 12.5. The lowest BCUT2D eigenvalue weighted by molar-refractivity contribution is -0.566. The highest BCUT2D eigenvalue weighted by molar-refractivity contribution is 5.86. The van der Waals surface area contributed by atoms with Gasteiger partial charge in [0.1, 0.15) is 0 Å². The van der Waals surface area contributed by atoms with Crippen molar-refractivity contribution >= 4 is 11.9 Å². The molecule has 0 saturated heterocycles. The van der Waals surface area contributed by atoms with E-state index in [2.05, 4.69) is 6.58 Å². The van der Waals surface area contributed by atoms with Crippen LogP contribution < -0.4 is 0 Å². The van der Waals surface area contributed by atoms with Crippen LogP contribution in [0.5, 0.6) is 0 Å². The molecular weight excluding hydrogens is 382 g/mol. The van der Waals surface area contributed by atoms with Crippen LogP contribution in [0.25, 0.3) is 0 Å². The second-order valence-corrected chi connectivity index (χ2v) is 7.02. The maximum Gasteiger partial charge on any atom is 0.345 e. The van der Waals surface area contributed by atoms with Crippen LogP contribution in [0.4, 0.5) is 0 Å². The smallest absolute Gasteiger partial charge is 0.345 e. The van der Waals surface area contributed by atoms with Gasteiger partial charge in [0.25, 0.3) is 6.04 Å². The summed E-state index contributed by atoms with van der Waals surface area (Å²) >= 11 is 0. The monoisotopic (exact) mass is 411 g/mol. The fourth-order valence-electron chi connectivity index (χ4n) is 3.43. The molecule has 4 atom stereocenters. The lowest BCUT2D eigenvalue weighted by atomic mass is 9.64. The number of ether oxygens (including phenoxy) is 2. The Kier molecular flexibility index (Phi) is 8.28. The van der Waals surface area contributed by atoms with Crippen molar-refractivity contribution in [1.29, 1.82) is 0 Å². The number of esters is 2. The molecule has 2 N–H and O–H groups in total. The molecule has 29 heavy (non-hydrogen) atoms. The van der Waals surface area contributed by atoms with E-state index in [0.29, 0.717) is 5.57 Å². The molecule has 162 valence electrons. The highest BCUT2D eigenvalue weighted by atomic mass is 16.6. The number of carbonyl (C=O) groups excluding carboxylic acids is 2. The minimum absolute atomic E-state index is 0.143. The highest BCUT2D eigenvalue weighted by Crippen LogP contribution is 2.44. The molecule has 0 heterocycles. The van der Waals surface area contributed by atoms with Gasteiger partial charge in [-0.05, 0) is 33.6 Å². The zero-order chi connectivity index (χ0) is 22.4. The zero-order valence-corrected chi connectivity index (χ0v) is 17.2. The van der Waals surface area contributed by atoms with Crippen molar-refractivity contribution in [3.63, 3.8) is 0 Å².